The smallest absolute Gasteiger partial charge is 0.145 e. The van der Waals surface area contributed by atoms with Gasteiger partial charge in [-0.3, -0.25) is 0 Å². The SMILES string of the molecule is C=CC1CCC(n2ccc3c(Cl)ncnc32)C1. The van der Waals surface area contributed by atoms with Crippen molar-refractivity contribution in [3.63, 3.8) is 0 Å². The maximum absolute atomic E-state index is 6.05. The van der Waals surface area contributed by atoms with Crippen LogP contribution >= 0.6 is 11.6 Å². The van der Waals surface area contributed by atoms with Crippen molar-refractivity contribution in [3.05, 3.63) is 36.4 Å². The maximum atomic E-state index is 6.05. The summed E-state index contributed by atoms with van der Waals surface area (Å²) in [5.74, 6) is 0.634. The normalized spacial score (nSPS) is 24.3. The summed E-state index contributed by atoms with van der Waals surface area (Å²) in [5, 5.41) is 1.48. The summed E-state index contributed by atoms with van der Waals surface area (Å²) in [7, 11) is 0. The Labute approximate surface area is 105 Å². The molecule has 17 heavy (non-hydrogen) atoms. The summed E-state index contributed by atoms with van der Waals surface area (Å²) in [6.07, 6.45) is 9.21. The predicted molar refractivity (Wildman–Crippen MR) is 69.1 cm³/mol. The number of halogens is 1. The van der Waals surface area contributed by atoms with E-state index in [1.165, 1.54) is 19.2 Å². The Kier molecular flexibility index (Phi) is 2.63. The van der Waals surface area contributed by atoms with Crippen LogP contribution < -0.4 is 0 Å². The van der Waals surface area contributed by atoms with Crippen LogP contribution in [0.15, 0.2) is 31.2 Å². The molecule has 3 rings (SSSR count). The first-order valence-corrected chi connectivity index (χ1v) is 6.27. The largest absolute Gasteiger partial charge is 0.329 e. The molecule has 0 radical (unpaired) electrons. The molecule has 2 unspecified atom stereocenters. The molecule has 2 aromatic heterocycles. The van der Waals surface area contributed by atoms with Crippen LogP contribution in [-0.2, 0) is 0 Å². The molecule has 3 nitrogen and oxygen atoms in total. The Morgan fingerprint density at radius 1 is 1.41 bits per heavy atom. The lowest BCUT2D eigenvalue weighted by Crippen LogP contribution is -2.04. The fourth-order valence-electron chi connectivity index (χ4n) is 2.69. The number of rotatable bonds is 2. The van der Waals surface area contributed by atoms with E-state index in [1.54, 1.807) is 0 Å². The standard InChI is InChI=1S/C13H14ClN3/c1-2-9-3-4-10(7-9)17-6-5-11-12(14)15-8-16-13(11)17/h2,5-6,8-10H,1,3-4,7H2. The van der Waals surface area contributed by atoms with Crippen LogP contribution in [0.25, 0.3) is 11.0 Å². The minimum Gasteiger partial charge on any atom is -0.329 e. The quantitative estimate of drug-likeness (QED) is 0.600. The van der Waals surface area contributed by atoms with E-state index in [0.29, 0.717) is 17.1 Å². The molecule has 2 atom stereocenters. The van der Waals surface area contributed by atoms with E-state index in [0.717, 1.165) is 17.5 Å². The molecule has 0 bridgehead atoms. The monoisotopic (exact) mass is 247 g/mol. The second kappa shape index (κ2) is 4.15. The topological polar surface area (TPSA) is 30.7 Å². The second-order valence-corrected chi connectivity index (χ2v) is 4.95. The lowest BCUT2D eigenvalue weighted by atomic mass is 10.1. The third kappa shape index (κ3) is 1.75. The van der Waals surface area contributed by atoms with Gasteiger partial charge in [0.05, 0.1) is 5.39 Å². The Bertz CT molecular complexity index is 561. The Balaban J connectivity index is 2.01. The van der Waals surface area contributed by atoms with E-state index in [2.05, 4.69) is 33.4 Å². The minimum atomic E-state index is 0.515. The number of hydrogen-bond donors (Lipinski definition) is 0. The van der Waals surface area contributed by atoms with Gasteiger partial charge in [0, 0.05) is 12.2 Å². The summed E-state index contributed by atoms with van der Waals surface area (Å²) >= 11 is 6.05. The number of allylic oxidation sites excluding steroid dienone is 1. The lowest BCUT2D eigenvalue weighted by molar-refractivity contribution is 0.518. The molecular weight excluding hydrogens is 234 g/mol. The van der Waals surface area contributed by atoms with Crippen molar-refractivity contribution in [2.24, 2.45) is 5.92 Å². The molecule has 1 aliphatic rings. The Morgan fingerprint density at radius 3 is 3.06 bits per heavy atom. The average Bonchev–Trinajstić information content (AvgIpc) is 2.94. The van der Waals surface area contributed by atoms with Crippen molar-refractivity contribution in [1.29, 1.82) is 0 Å². The number of aromatic nitrogens is 3. The van der Waals surface area contributed by atoms with Crippen molar-refractivity contribution in [3.8, 4) is 0 Å². The zero-order chi connectivity index (χ0) is 11.8. The molecule has 0 amide bonds. The fraction of sp³-hybridized carbons (Fsp3) is 0.385. The van der Waals surface area contributed by atoms with E-state index in [1.807, 2.05) is 6.07 Å². The Hall–Kier alpha value is -1.35. The van der Waals surface area contributed by atoms with Crippen molar-refractivity contribution < 1.29 is 0 Å². The first-order valence-electron chi connectivity index (χ1n) is 5.89. The zero-order valence-electron chi connectivity index (χ0n) is 9.51. The summed E-state index contributed by atoms with van der Waals surface area (Å²) in [6, 6.07) is 2.51. The van der Waals surface area contributed by atoms with Crippen molar-refractivity contribution >= 4 is 22.6 Å². The van der Waals surface area contributed by atoms with Gasteiger partial charge in [-0.25, -0.2) is 9.97 Å². The highest BCUT2D eigenvalue weighted by molar-refractivity contribution is 6.33. The molecule has 1 aliphatic carbocycles. The molecule has 1 fully saturated rings. The maximum Gasteiger partial charge on any atom is 0.145 e. The number of fused-ring (bicyclic) bond motifs is 1. The Morgan fingerprint density at radius 2 is 2.29 bits per heavy atom. The molecule has 0 saturated heterocycles. The van der Waals surface area contributed by atoms with Gasteiger partial charge in [0.25, 0.3) is 0 Å². The highest BCUT2D eigenvalue weighted by atomic mass is 35.5. The van der Waals surface area contributed by atoms with E-state index in [-0.39, 0.29) is 0 Å². The van der Waals surface area contributed by atoms with Crippen LogP contribution in [-0.4, -0.2) is 14.5 Å². The predicted octanol–water partition coefficient (Wildman–Crippen LogP) is 3.61. The number of nitrogens with zero attached hydrogens (tertiary/aromatic N) is 3. The molecule has 1 saturated carbocycles. The molecule has 88 valence electrons. The van der Waals surface area contributed by atoms with Gasteiger partial charge in [-0.15, -0.1) is 6.58 Å². The van der Waals surface area contributed by atoms with Crippen LogP contribution in [0.1, 0.15) is 25.3 Å². The van der Waals surface area contributed by atoms with Crippen molar-refractivity contribution in [2.75, 3.05) is 0 Å². The van der Waals surface area contributed by atoms with E-state index in [4.69, 9.17) is 11.6 Å². The van der Waals surface area contributed by atoms with E-state index >= 15 is 0 Å². The summed E-state index contributed by atoms with van der Waals surface area (Å²) in [4.78, 5) is 8.34. The van der Waals surface area contributed by atoms with Crippen LogP contribution in [0.3, 0.4) is 0 Å². The summed E-state index contributed by atoms with van der Waals surface area (Å²) in [5.41, 5.74) is 0.944. The first kappa shape index (κ1) is 10.8. The lowest BCUT2D eigenvalue weighted by Gasteiger charge is -2.13. The molecule has 0 N–H and O–H groups in total. The zero-order valence-corrected chi connectivity index (χ0v) is 10.3. The molecule has 4 heteroatoms. The van der Waals surface area contributed by atoms with Gasteiger partial charge in [-0.2, -0.15) is 0 Å². The van der Waals surface area contributed by atoms with Crippen LogP contribution in [0, 0.1) is 5.92 Å². The van der Waals surface area contributed by atoms with Gasteiger partial charge >= 0.3 is 0 Å². The van der Waals surface area contributed by atoms with E-state index in [9.17, 15) is 0 Å². The summed E-state index contributed by atoms with van der Waals surface area (Å²) in [6.45, 7) is 3.88. The highest BCUT2D eigenvalue weighted by Gasteiger charge is 2.25. The molecule has 0 spiro atoms. The fourth-order valence-corrected chi connectivity index (χ4v) is 2.88. The third-order valence-corrected chi connectivity index (χ3v) is 3.93. The van der Waals surface area contributed by atoms with Crippen LogP contribution in [0.5, 0.6) is 0 Å². The van der Waals surface area contributed by atoms with Gasteiger partial charge < -0.3 is 4.57 Å². The van der Waals surface area contributed by atoms with Crippen molar-refractivity contribution in [2.45, 2.75) is 25.3 Å². The van der Waals surface area contributed by atoms with Gasteiger partial charge in [-0.05, 0) is 31.2 Å². The molecule has 0 aromatic carbocycles. The summed E-state index contributed by atoms with van der Waals surface area (Å²) < 4.78 is 2.23. The van der Waals surface area contributed by atoms with Crippen molar-refractivity contribution in [1.82, 2.24) is 14.5 Å². The van der Waals surface area contributed by atoms with Gasteiger partial charge in [0.15, 0.2) is 0 Å². The molecular formula is C13H14ClN3. The van der Waals surface area contributed by atoms with Gasteiger partial charge in [0.2, 0.25) is 0 Å². The van der Waals surface area contributed by atoms with E-state index < -0.39 is 0 Å². The highest BCUT2D eigenvalue weighted by Crippen LogP contribution is 2.37. The molecule has 2 heterocycles. The van der Waals surface area contributed by atoms with Crippen LogP contribution in [0.4, 0.5) is 0 Å². The molecule has 0 aliphatic heterocycles. The van der Waals surface area contributed by atoms with Gasteiger partial charge in [-0.1, -0.05) is 17.7 Å². The average molecular weight is 248 g/mol. The molecule has 2 aromatic rings. The first-order chi connectivity index (χ1) is 8.29. The van der Waals surface area contributed by atoms with Gasteiger partial charge in [0.1, 0.15) is 17.1 Å². The minimum absolute atomic E-state index is 0.515. The second-order valence-electron chi connectivity index (χ2n) is 4.59. The number of hydrogen-bond acceptors (Lipinski definition) is 2. The van der Waals surface area contributed by atoms with Crippen LogP contribution in [0.2, 0.25) is 5.15 Å². The third-order valence-electron chi connectivity index (χ3n) is 3.63.